The summed E-state index contributed by atoms with van der Waals surface area (Å²) >= 11 is 0. The number of nitrogens with two attached hydrogens (primary N) is 1. The zero-order valence-corrected chi connectivity index (χ0v) is 11.5. The fourth-order valence-electron chi connectivity index (χ4n) is 2.69. The van der Waals surface area contributed by atoms with E-state index in [1.165, 1.54) is 0 Å². The van der Waals surface area contributed by atoms with Gasteiger partial charge in [-0.2, -0.15) is 0 Å². The number of methoxy groups -OCH3 is 1. The maximum Gasteiger partial charge on any atom is 0.240 e. The largest absolute Gasteiger partial charge is 0.385 e. The minimum Gasteiger partial charge on any atom is -0.385 e. The van der Waals surface area contributed by atoms with Crippen LogP contribution in [0.15, 0.2) is 18.3 Å². The van der Waals surface area contributed by atoms with E-state index >= 15 is 0 Å². The lowest BCUT2D eigenvalue weighted by molar-refractivity contribution is -0.133. The van der Waals surface area contributed by atoms with Crippen LogP contribution in [0.25, 0.3) is 0 Å². The van der Waals surface area contributed by atoms with Crippen LogP contribution in [0.3, 0.4) is 0 Å². The van der Waals surface area contributed by atoms with Crippen LogP contribution in [0.1, 0.15) is 37.4 Å². The smallest absolute Gasteiger partial charge is 0.240 e. The van der Waals surface area contributed by atoms with Crippen molar-refractivity contribution in [1.82, 2.24) is 9.88 Å². The molecule has 0 spiro atoms. The summed E-state index contributed by atoms with van der Waals surface area (Å²) in [5.41, 5.74) is 7.10. The molecule has 0 radical (unpaired) electrons. The lowest BCUT2D eigenvalue weighted by Crippen LogP contribution is -2.43. The molecule has 0 saturated carbocycles. The van der Waals surface area contributed by atoms with Crippen LogP contribution >= 0.6 is 0 Å². The van der Waals surface area contributed by atoms with Crippen molar-refractivity contribution in [3.63, 3.8) is 0 Å². The van der Waals surface area contributed by atoms with E-state index in [0.29, 0.717) is 13.0 Å². The molecule has 1 aliphatic rings. The highest BCUT2D eigenvalue weighted by Gasteiger charge is 2.32. The number of carbonyl (C=O) groups excluding carboxylic acids is 1. The quantitative estimate of drug-likeness (QED) is 0.764. The molecule has 0 aliphatic carbocycles. The average molecular weight is 265 g/mol. The molecule has 1 saturated heterocycles. The van der Waals surface area contributed by atoms with Gasteiger partial charge in [0.25, 0.3) is 0 Å². The van der Waals surface area contributed by atoms with Crippen molar-refractivity contribution in [3.8, 4) is 0 Å². The Morgan fingerprint density at radius 2 is 2.53 bits per heavy atom. The third-order valence-electron chi connectivity index (χ3n) is 3.70. The molecule has 5 nitrogen and oxygen atoms in total. The number of aromatic nitrogens is 1. The topological polar surface area (TPSA) is 71.3 Å². The van der Waals surface area contributed by atoms with E-state index < -0.39 is 6.04 Å². The van der Waals surface area contributed by atoms with Crippen LogP contribution in [0.4, 0.5) is 0 Å². The van der Waals surface area contributed by atoms with Crippen molar-refractivity contribution in [2.75, 3.05) is 20.3 Å². The predicted molar refractivity (Wildman–Crippen MR) is 73.6 cm³/mol. The summed E-state index contributed by atoms with van der Waals surface area (Å²) in [7, 11) is 1.66. The summed E-state index contributed by atoms with van der Waals surface area (Å²) in [6.07, 6.45) is 5.46. The van der Waals surface area contributed by atoms with E-state index in [-0.39, 0.29) is 11.9 Å². The van der Waals surface area contributed by atoms with Crippen molar-refractivity contribution in [1.29, 1.82) is 0 Å². The Labute approximate surface area is 114 Å². The van der Waals surface area contributed by atoms with Crippen LogP contribution in [-0.4, -0.2) is 42.1 Å². The van der Waals surface area contributed by atoms with E-state index in [2.05, 4.69) is 4.98 Å². The molecule has 2 unspecified atom stereocenters. The van der Waals surface area contributed by atoms with Gasteiger partial charge in [-0.1, -0.05) is 0 Å². The number of H-pyrrole nitrogens is 1. The molecule has 1 aromatic heterocycles. The molecule has 1 aromatic rings. The van der Waals surface area contributed by atoms with E-state index in [1.807, 2.05) is 23.2 Å². The monoisotopic (exact) mass is 265 g/mol. The molecule has 1 aliphatic heterocycles. The molecule has 1 amide bonds. The van der Waals surface area contributed by atoms with Gasteiger partial charge >= 0.3 is 0 Å². The molecular formula is C14H23N3O2. The first-order valence-corrected chi connectivity index (χ1v) is 6.92. The summed E-state index contributed by atoms with van der Waals surface area (Å²) < 4.78 is 4.99. The Morgan fingerprint density at radius 1 is 1.68 bits per heavy atom. The summed E-state index contributed by atoms with van der Waals surface area (Å²) in [5.74, 6) is 0.0632. The molecule has 2 heterocycles. The van der Waals surface area contributed by atoms with Gasteiger partial charge in [-0.25, -0.2) is 0 Å². The zero-order chi connectivity index (χ0) is 13.7. The lowest BCUT2D eigenvalue weighted by atomic mass is 10.1. The minimum absolute atomic E-state index is 0.0632. The van der Waals surface area contributed by atoms with E-state index in [9.17, 15) is 4.79 Å². The second kappa shape index (κ2) is 6.73. The second-order valence-electron chi connectivity index (χ2n) is 5.06. The van der Waals surface area contributed by atoms with Gasteiger partial charge in [0.2, 0.25) is 5.91 Å². The van der Waals surface area contributed by atoms with Crippen LogP contribution in [0.2, 0.25) is 0 Å². The molecule has 1 fully saturated rings. The zero-order valence-electron chi connectivity index (χ0n) is 11.5. The predicted octanol–water partition coefficient (Wildman–Crippen LogP) is 1.43. The molecule has 0 aromatic carbocycles. The molecule has 19 heavy (non-hydrogen) atoms. The maximum atomic E-state index is 12.4. The molecule has 106 valence electrons. The third kappa shape index (κ3) is 3.36. The summed E-state index contributed by atoms with van der Waals surface area (Å²) in [6, 6.07) is 3.75. The summed E-state index contributed by atoms with van der Waals surface area (Å²) in [5, 5.41) is 0. The van der Waals surface area contributed by atoms with E-state index in [4.69, 9.17) is 10.5 Å². The Bertz CT molecular complexity index is 391. The van der Waals surface area contributed by atoms with Crippen LogP contribution in [0, 0.1) is 0 Å². The normalized spacial score (nSPS) is 20.7. The SMILES string of the molecule is COCCCC(N)C(=O)N1CCCC1c1ccc[nH]1. The van der Waals surface area contributed by atoms with Gasteiger partial charge in [0.05, 0.1) is 12.1 Å². The second-order valence-corrected chi connectivity index (χ2v) is 5.06. The lowest BCUT2D eigenvalue weighted by Gasteiger charge is -2.27. The van der Waals surface area contributed by atoms with Gasteiger partial charge in [-0.05, 0) is 37.8 Å². The van der Waals surface area contributed by atoms with Crippen LogP contribution in [-0.2, 0) is 9.53 Å². The Balaban J connectivity index is 1.94. The van der Waals surface area contributed by atoms with Gasteiger partial charge in [-0.15, -0.1) is 0 Å². The Kier molecular flexibility index (Phi) is 4.99. The number of nitrogens with zero attached hydrogens (tertiary/aromatic N) is 1. The van der Waals surface area contributed by atoms with E-state index in [1.54, 1.807) is 7.11 Å². The molecular weight excluding hydrogens is 242 g/mol. The first-order valence-electron chi connectivity index (χ1n) is 6.92. The number of rotatable bonds is 6. The van der Waals surface area contributed by atoms with Crippen LogP contribution in [0.5, 0.6) is 0 Å². The van der Waals surface area contributed by atoms with Gasteiger partial charge in [-0.3, -0.25) is 4.79 Å². The Hall–Kier alpha value is -1.33. The molecule has 5 heteroatoms. The van der Waals surface area contributed by atoms with Gasteiger partial charge in [0, 0.05) is 32.2 Å². The van der Waals surface area contributed by atoms with Gasteiger partial charge in [0.1, 0.15) is 0 Å². The van der Waals surface area contributed by atoms with E-state index in [0.717, 1.165) is 31.5 Å². The number of hydrogen-bond donors (Lipinski definition) is 2. The first kappa shape index (κ1) is 14.1. The maximum absolute atomic E-state index is 12.4. The Morgan fingerprint density at radius 3 is 3.21 bits per heavy atom. The highest BCUT2D eigenvalue weighted by molar-refractivity contribution is 5.82. The van der Waals surface area contributed by atoms with Crippen molar-refractivity contribution in [2.24, 2.45) is 5.73 Å². The number of nitrogens with one attached hydrogen (secondary N) is 1. The molecule has 2 rings (SSSR count). The fraction of sp³-hybridized carbons (Fsp3) is 0.643. The molecule has 3 N–H and O–H groups in total. The molecule has 2 atom stereocenters. The third-order valence-corrected chi connectivity index (χ3v) is 3.70. The number of likely N-dealkylation sites (tertiary alicyclic amines) is 1. The summed E-state index contributed by atoms with van der Waals surface area (Å²) in [6.45, 7) is 1.46. The number of amides is 1. The highest BCUT2D eigenvalue weighted by atomic mass is 16.5. The van der Waals surface area contributed by atoms with Gasteiger partial charge < -0.3 is 20.4 Å². The average Bonchev–Trinajstić information content (AvgIpc) is 3.08. The number of ether oxygens (including phenoxy) is 1. The number of carbonyl (C=O) groups is 1. The van der Waals surface area contributed by atoms with Crippen molar-refractivity contribution >= 4 is 5.91 Å². The van der Waals surface area contributed by atoms with Crippen molar-refractivity contribution in [3.05, 3.63) is 24.0 Å². The highest BCUT2D eigenvalue weighted by Crippen LogP contribution is 2.31. The number of aromatic amines is 1. The first-order chi connectivity index (χ1) is 9.24. The van der Waals surface area contributed by atoms with Crippen LogP contribution < -0.4 is 5.73 Å². The summed E-state index contributed by atoms with van der Waals surface area (Å²) in [4.78, 5) is 17.5. The molecule has 0 bridgehead atoms. The minimum atomic E-state index is -0.411. The standard InChI is InChI=1S/C14H23N3O2/c1-19-10-4-5-11(15)14(18)17-9-3-7-13(17)12-6-2-8-16-12/h2,6,8,11,13,16H,3-5,7,9-10,15H2,1H3. The number of hydrogen-bond acceptors (Lipinski definition) is 3. The van der Waals surface area contributed by atoms with Crippen molar-refractivity contribution in [2.45, 2.75) is 37.8 Å². The fourth-order valence-corrected chi connectivity index (χ4v) is 2.69. The van der Waals surface area contributed by atoms with Crippen molar-refractivity contribution < 1.29 is 9.53 Å². The van der Waals surface area contributed by atoms with Gasteiger partial charge in [0.15, 0.2) is 0 Å².